The average molecular weight is 198 g/mol. The van der Waals surface area contributed by atoms with Gasteiger partial charge in [-0.15, -0.1) is 0 Å². The van der Waals surface area contributed by atoms with Gasteiger partial charge in [0, 0.05) is 7.11 Å². The van der Waals surface area contributed by atoms with Crippen molar-refractivity contribution in [3.8, 4) is 0 Å². The van der Waals surface area contributed by atoms with Crippen LogP contribution in [0.2, 0.25) is 0 Å². The van der Waals surface area contributed by atoms with Crippen molar-refractivity contribution in [1.29, 1.82) is 0 Å². The summed E-state index contributed by atoms with van der Waals surface area (Å²) in [7, 11) is 1.36. The van der Waals surface area contributed by atoms with Gasteiger partial charge in [-0.3, -0.25) is 0 Å². The SMILES string of the molecule is COC(Cl)C(Cl)(Cl)Cl. The molecule has 0 N–H and O–H groups in total. The van der Waals surface area contributed by atoms with Crippen molar-refractivity contribution in [2.24, 2.45) is 0 Å². The molecule has 0 spiro atoms. The fourth-order valence-electron chi connectivity index (χ4n) is 0.134. The van der Waals surface area contributed by atoms with Crippen molar-refractivity contribution < 1.29 is 4.74 Å². The van der Waals surface area contributed by atoms with E-state index in [1.165, 1.54) is 7.11 Å². The highest BCUT2D eigenvalue weighted by Gasteiger charge is 2.30. The maximum absolute atomic E-state index is 5.32. The number of halogens is 4. The summed E-state index contributed by atoms with van der Waals surface area (Å²) >= 11 is 21.1. The first-order valence-corrected chi connectivity index (χ1v) is 3.29. The Morgan fingerprint density at radius 2 is 1.75 bits per heavy atom. The lowest BCUT2D eigenvalue weighted by molar-refractivity contribution is 0.170. The zero-order valence-electron chi connectivity index (χ0n) is 4.00. The Labute approximate surface area is 67.8 Å². The molecule has 0 aromatic heterocycles. The predicted molar refractivity (Wildman–Crippen MR) is 36.9 cm³/mol. The van der Waals surface area contributed by atoms with E-state index in [4.69, 9.17) is 46.4 Å². The van der Waals surface area contributed by atoms with E-state index >= 15 is 0 Å². The second-order valence-electron chi connectivity index (χ2n) is 1.09. The zero-order valence-corrected chi connectivity index (χ0v) is 7.02. The number of hydrogen-bond acceptors (Lipinski definition) is 1. The Morgan fingerprint density at radius 1 is 1.38 bits per heavy atom. The lowest BCUT2D eigenvalue weighted by Gasteiger charge is -2.14. The van der Waals surface area contributed by atoms with E-state index in [-0.39, 0.29) is 0 Å². The van der Waals surface area contributed by atoms with Gasteiger partial charge in [0.2, 0.25) is 3.79 Å². The van der Waals surface area contributed by atoms with Gasteiger partial charge in [0.1, 0.15) is 0 Å². The Hall–Kier alpha value is 1.12. The highest BCUT2D eigenvalue weighted by Crippen LogP contribution is 2.33. The molecule has 1 nitrogen and oxygen atoms in total. The van der Waals surface area contributed by atoms with Gasteiger partial charge >= 0.3 is 0 Å². The first-order chi connectivity index (χ1) is 3.48. The highest BCUT2D eigenvalue weighted by atomic mass is 35.6. The predicted octanol–water partition coefficient (Wildman–Crippen LogP) is 2.57. The van der Waals surface area contributed by atoms with Crippen LogP contribution in [-0.2, 0) is 4.74 Å². The summed E-state index contributed by atoms with van der Waals surface area (Å²) in [5.74, 6) is 0. The van der Waals surface area contributed by atoms with Crippen molar-refractivity contribution in [3.63, 3.8) is 0 Å². The summed E-state index contributed by atoms with van der Waals surface area (Å²) < 4.78 is 2.95. The zero-order chi connectivity index (χ0) is 6.78. The van der Waals surface area contributed by atoms with Crippen LogP contribution in [0.3, 0.4) is 0 Å². The Kier molecular flexibility index (Phi) is 3.79. The van der Waals surface area contributed by atoms with Crippen LogP contribution in [0.4, 0.5) is 0 Å². The Morgan fingerprint density at radius 3 is 1.75 bits per heavy atom. The highest BCUT2D eigenvalue weighted by molar-refractivity contribution is 6.70. The molecule has 5 heteroatoms. The van der Waals surface area contributed by atoms with Gasteiger partial charge in [-0.2, -0.15) is 0 Å². The fraction of sp³-hybridized carbons (Fsp3) is 1.00. The molecule has 1 unspecified atom stereocenters. The van der Waals surface area contributed by atoms with E-state index in [1.807, 2.05) is 0 Å². The lowest BCUT2D eigenvalue weighted by atomic mass is 10.8. The second kappa shape index (κ2) is 3.33. The molecule has 0 aliphatic carbocycles. The molecule has 8 heavy (non-hydrogen) atoms. The summed E-state index contributed by atoms with van der Waals surface area (Å²) in [5, 5.41) is 0. The quantitative estimate of drug-likeness (QED) is 0.588. The first-order valence-electron chi connectivity index (χ1n) is 1.72. The average Bonchev–Trinajstić information content (AvgIpc) is 1.62. The third kappa shape index (κ3) is 3.21. The number of alkyl halides is 4. The van der Waals surface area contributed by atoms with Gasteiger partial charge < -0.3 is 4.74 Å². The van der Waals surface area contributed by atoms with Gasteiger partial charge in [0.25, 0.3) is 0 Å². The Bertz CT molecular complexity index is 68.2. The minimum absolute atomic E-state index is 0.882. The minimum Gasteiger partial charge on any atom is -0.361 e. The number of ether oxygens (including phenoxy) is 1. The maximum Gasteiger partial charge on any atom is 0.229 e. The van der Waals surface area contributed by atoms with Gasteiger partial charge in [-0.1, -0.05) is 46.4 Å². The molecule has 0 heterocycles. The summed E-state index contributed by atoms with van der Waals surface area (Å²) in [5.41, 5.74) is -0.882. The molecule has 0 amide bonds. The molecule has 0 aliphatic heterocycles. The van der Waals surface area contributed by atoms with Crippen LogP contribution in [0.15, 0.2) is 0 Å². The third-order valence-electron chi connectivity index (χ3n) is 0.464. The van der Waals surface area contributed by atoms with Crippen molar-refractivity contribution in [2.45, 2.75) is 9.36 Å². The van der Waals surface area contributed by atoms with Gasteiger partial charge in [0.05, 0.1) is 0 Å². The van der Waals surface area contributed by atoms with Crippen molar-refractivity contribution in [3.05, 3.63) is 0 Å². The number of hydrogen-bond donors (Lipinski definition) is 0. The maximum atomic E-state index is 5.32. The molecule has 0 rings (SSSR count). The number of methoxy groups -OCH3 is 1. The lowest BCUT2D eigenvalue weighted by Crippen LogP contribution is -2.20. The standard InChI is InChI=1S/C3H4Cl4O/c1-8-2(4)3(5,6)7/h2H,1H3. The molecule has 0 aromatic carbocycles. The van der Waals surface area contributed by atoms with Crippen LogP contribution in [0.1, 0.15) is 0 Å². The van der Waals surface area contributed by atoms with Crippen LogP contribution in [0.5, 0.6) is 0 Å². The third-order valence-corrected chi connectivity index (χ3v) is 1.90. The van der Waals surface area contributed by atoms with E-state index in [0.29, 0.717) is 0 Å². The summed E-state index contributed by atoms with van der Waals surface area (Å²) in [4.78, 5) is 0. The van der Waals surface area contributed by atoms with E-state index in [0.717, 1.165) is 0 Å². The molecule has 0 saturated carbocycles. The molecule has 0 aromatic rings. The van der Waals surface area contributed by atoms with E-state index in [1.54, 1.807) is 0 Å². The summed E-state index contributed by atoms with van der Waals surface area (Å²) in [6.45, 7) is 0. The van der Waals surface area contributed by atoms with Crippen molar-refractivity contribution >= 4 is 46.4 Å². The topological polar surface area (TPSA) is 9.23 Å². The van der Waals surface area contributed by atoms with E-state index in [2.05, 4.69) is 4.74 Å². The van der Waals surface area contributed by atoms with Gasteiger partial charge in [0.15, 0.2) is 5.56 Å². The van der Waals surface area contributed by atoms with E-state index < -0.39 is 9.36 Å². The molecule has 0 radical (unpaired) electrons. The monoisotopic (exact) mass is 196 g/mol. The summed E-state index contributed by atoms with van der Waals surface area (Å²) in [6.07, 6.45) is 0. The molecule has 0 aliphatic rings. The molecule has 1 atom stereocenters. The fourth-order valence-corrected chi connectivity index (χ4v) is 0.401. The molecular formula is C3H4Cl4O. The van der Waals surface area contributed by atoms with Crippen LogP contribution >= 0.6 is 46.4 Å². The largest absolute Gasteiger partial charge is 0.361 e. The molecule has 0 bridgehead atoms. The van der Waals surface area contributed by atoms with Gasteiger partial charge in [-0.05, 0) is 0 Å². The molecule has 0 fully saturated rings. The molecule has 50 valence electrons. The Balaban J connectivity index is 3.62. The van der Waals surface area contributed by atoms with Crippen LogP contribution in [-0.4, -0.2) is 16.5 Å². The van der Waals surface area contributed by atoms with Gasteiger partial charge in [-0.25, -0.2) is 0 Å². The normalized spacial score (nSPS) is 16.1. The van der Waals surface area contributed by atoms with Crippen molar-refractivity contribution in [2.75, 3.05) is 7.11 Å². The molecule has 0 saturated heterocycles. The molecular weight excluding hydrogens is 194 g/mol. The van der Waals surface area contributed by atoms with Crippen molar-refractivity contribution in [1.82, 2.24) is 0 Å². The van der Waals surface area contributed by atoms with Crippen LogP contribution in [0, 0.1) is 0 Å². The summed E-state index contributed by atoms with van der Waals surface area (Å²) in [6, 6.07) is 0. The smallest absolute Gasteiger partial charge is 0.229 e. The second-order valence-corrected chi connectivity index (χ2v) is 3.86. The van der Waals surface area contributed by atoms with Crippen LogP contribution in [0.25, 0.3) is 0 Å². The van der Waals surface area contributed by atoms with E-state index in [9.17, 15) is 0 Å². The first kappa shape index (κ1) is 9.12. The van der Waals surface area contributed by atoms with Crippen LogP contribution < -0.4 is 0 Å². The number of rotatable bonds is 1. The minimum atomic E-state index is -1.53.